The zero-order valence-corrected chi connectivity index (χ0v) is 19.6. The van der Waals surface area contributed by atoms with Crippen molar-refractivity contribution in [2.75, 3.05) is 7.05 Å². The number of carbonyl (C=O) groups is 2. The van der Waals surface area contributed by atoms with Gasteiger partial charge in [-0.25, -0.2) is 0 Å². The van der Waals surface area contributed by atoms with Gasteiger partial charge in [0.2, 0.25) is 0 Å². The molecule has 3 heteroatoms. The van der Waals surface area contributed by atoms with Crippen molar-refractivity contribution in [3.8, 4) is 0 Å². The van der Waals surface area contributed by atoms with E-state index in [1.54, 1.807) is 20.9 Å². The van der Waals surface area contributed by atoms with E-state index in [1.807, 2.05) is 38.1 Å². The summed E-state index contributed by atoms with van der Waals surface area (Å²) in [6.07, 6.45) is 0. The highest BCUT2D eigenvalue weighted by atomic mass is 16.1. The fraction of sp³-hybridized carbons (Fsp3) is 0.167. The first kappa shape index (κ1) is 21.0. The van der Waals surface area contributed by atoms with Crippen molar-refractivity contribution >= 4 is 65.9 Å². The van der Waals surface area contributed by atoms with E-state index in [4.69, 9.17) is 0 Å². The molecular weight excluding hydrogens is 406 g/mol. The lowest BCUT2D eigenvalue weighted by atomic mass is 9.82. The Kier molecular flexibility index (Phi) is 4.68. The number of hydrogen-bond donors (Lipinski definition) is 0. The van der Waals surface area contributed by atoms with Crippen LogP contribution in [0.1, 0.15) is 59.5 Å². The molecule has 0 fully saturated rings. The zero-order chi connectivity index (χ0) is 23.6. The Hall–Kier alpha value is -3.85. The minimum Gasteiger partial charge on any atom is -0.294 e. The molecule has 0 saturated carbocycles. The van der Waals surface area contributed by atoms with E-state index in [9.17, 15) is 9.59 Å². The van der Waals surface area contributed by atoms with Crippen LogP contribution in [0.25, 0.3) is 48.7 Å². The number of benzene rings is 5. The van der Waals surface area contributed by atoms with Crippen LogP contribution in [0.5, 0.6) is 0 Å². The highest BCUT2D eigenvalue weighted by Gasteiger charge is 2.22. The fourth-order valence-corrected chi connectivity index (χ4v) is 5.25. The molecule has 0 spiro atoms. The van der Waals surface area contributed by atoms with Gasteiger partial charge >= 0.3 is 0 Å². The molecule has 5 aromatic carbocycles. The standard InChI is InChI=1S/C30H25NO2/c1-15(2)19-7-11-23-26-14-10-22(18(5)33)28-20(16(3)31-6)8-12-24(30(26)28)25-13-9-21(17(4)32)27(19)29(23)25/h7-14H,1H2,2-6H3. The molecule has 0 amide bonds. The van der Waals surface area contributed by atoms with Gasteiger partial charge in [0.05, 0.1) is 0 Å². The number of nitrogens with zero attached hydrogens (tertiary/aromatic N) is 1. The Morgan fingerprint density at radius 3 is 1.30 bits per heavy atom. The van der Waals surface area contributed by atoms with E-state index in [-0.39, 0.29) is 11.6 Å². The van der Waals surface area contributed by atoms with Crippen LogP contribution in [0.15, 0.2) is 60.1 Å². The molecule has 0 atom stereocenters. The third-order valence-corrected chi connectivity index (χ3v) is 6.85. The van der Waals surface area contributed by atoms with E-state index < -0.39 is 0 Å². The number of carbonyl (C=O) groups excluding carboxylic acids is 2. The van der Waals surface area contributed by atoms with Crippen LogP contribution in [0.4, 0.5) is 0 Å². The molecule has 33 heavy (non-hydrogen) atoms. The average molecular weight is 432 g/mol. The van der Waals surface area contributed by atoms with Crippen molar-refractivity contribution in [1.29, 1.82) is 0 Å². The molecule has 0 saturated heterocycles. The van der Waals surface area contributed by atoms with Gasteiger partial charge in [0.15, 0.2) is 11.6 Å². The van der Waals surface area contributed by atoms with Crippen molar-refractivity contribution in [2.45, 2.75) is 27.7 Å². The van der Waals surface area contributed by atoms with Gasteiger partial charge in [-0.1, -0.05) is 60.7 Å². The summed E-state index contributed by atoms with van der Waals surface area (Å²) in [6.45, 7) is 11.3. The smallest absolute Gasteiger partial charge is 0.160 e. The Morgan fingerprint density at radius 1 is 0.576 bits per heavy atom. The van der Waals surface area contributed by atoms with Gasteiger partial charge in [0, 0.05) is 40.2 Å². The second-order valence-electron chi connectivity index (χ2n) is 8.84. The van der Waals surface area contributed by atoms with Crippen molar-refractivity contribution in [1.82, 2.24) is 0 Å². The minimum atomic E-state index is 0.0318. The molecular formula is C30H25NO2. The third kappa shape index (κ3) is 2.85. The predicted octanol–water partition coefficient (Wildman–Crippen LogP) is 7.61. The number of aliphatic imine (C=N–C) groups is 1. The van der Waals surface area contributed by atoms with E-state index in [2.05, 4.69) is 35.8 Å². The van der Waals surface area contributed by atoms with E-state index >= 15 is 0 Å². The molecule has 162 valence electrons. The number of Topliss-reactive ketones (excluding diaryl/α,β-unsaturated/α-hetero) is 2. The molecule has 5 aromatic rings. The number of rotatable bonds is 4. The van der Waals surface area contributed by atoms with E-state index in [0.29, 0.717) is 11.1 Å². The third-order valence-electron chi connectivity index (χ3n) is 6.85. The summed E-state index contributed by atoms with van der Waals surface area (Å²) >= 11 is 0. The summed E-state index contributed by atoms with van der Waals surface area (Å²) in [7, 11) is 1.77. The Labute approximate surface area is 192 Å². The molecule has 0 aliphatic heterocycles. The maximum absolute atomic E-state index is 12.6. The lowest BCUT2D eigenvalue weighted by molar-refractivity contribution is 0.101. The Morgan fingerprint density at radius 2 is 0.939 bits per heavy atom. The van der Waals surface area contributed by atoms with Crippen LogP contribution in [-0.2, 0) is 0 Å². The fourth-order valence-electron chi connectivity index (χ4n) is 5.25. The molecule has 0 radical (unpaired) electrons. The van der Waals surface area contributed by atoms with Gasteiger partial charge < -0.3 is 0 Å². The SMILES string of the molecule is C=C(C)c1ccc2c3ccc(C(C)=O)c4c(C(C)=NC)ccc(c5ccc(C(C)=O)c1c25)c43. The van der Waals surface area contributed by atoms with Gasteiger partial charge in [0.25, 0.3) is 0 Å². The molecule has 0 aromatic heterocycles. The minimum absolute atomic E-state index is 0.0318. The van der Waals surface area contributed by atoms with Crippen LogP contribution in [0.3, 0.4) is 0 Å². The van der Waals surface area contributed by atoms with Crippen molar-refractivity contribution in [2.24, 2.45) is 4.99 Å². The lowest BCUT2D eigenvalue weighted by Crippen LogP contribution is -2.04. The molecule has 0 unspecified atom stereocenters. The summed E-state index contributed by atoms with van der Waals surface area (Å²) < 4.78 is 0. The van der Waals surface area contributed by atoms with Gasteiger partial charge in [-0.2, -0.15) is 0 Å². The van der Waals surface area contributed by atoms with E-state index in [1.165, 1.54) is 0 Å². The molecule has 0 aliphatic rings. The maximum Gasteiger partial charge on any atom is 0.160 e. The maximum atomic E-state index is 12.6. The zero-order valence-electron chi connectivity index (χ0n) is 19.6. The predicted molar refractivity (Wildman–Crippen MR) is 141 cm³/mol. The summed E-state index contributed by atoms with van der Waals surface area (Å²) in [6, 6.07) is 16.3. The van der Waals surface area contributed by atoms with Crippen LogP contribution >= 0.6 is 0 Å². The summed E-state index contributed by atoms with van der Waals surface area (Å²) in [5.74, 6) is 0.0681. The monoisotopic (exact) mass is 431 g/mol. The summed E-state index contributed by atoms with van der Waals surface area (Å²) in [5.41, 5.74) is 5.19. The summed E-state index contributed by atoms with van der Waals surface area (Å²) in [5, 5.41) is 8.32. The number of fused-ring (bicyclic) bond motifs is 2. The average Bonchev–Trinajstić information content (AvgIpc) is 2.80. The number of ketones is 2. The van der Waals surface area contributed by atoms with Gasteiger partial charge in [-0.15, -0.1) is 0 Å². The van der Waals surface area contributed by atoms with Gasteiger partial charge in [-0.3, -0.25) is 14.6 Å². The second kappa shape index (κ2) is 7.35. The quantitative estimate of drug-likeness (QED) is 0.127. The van der Waals surface area contributed by atoms with Crippen LogP contribution in [0, 0.1) is 0 Å². The lowest BCUT2D eigenvalue weighted by Gasteiger charge is -2.20. The van der Waals surface area contributed by atoms with Crippen LogP contribution < -0.4 is 0 Å². The van der Waals surface area contributed by atoms with Gasteiger partial charge in [0.1, 0.15) is 0 Å². The number of hydrogen-bond acceptors (Lipinski definition) is 3. The highest BCUT2D eigenvalue weighted by molar-refractivity contribution is 6.38. The first-order chi connectivity index (χ1) is 15.8. The molecule has 0 aliphatic carbocycles. The molecule has 0 bridgehead atoms. The summed E-state index contributed by atoms with van der Waals surface area (Å²) in [4.78, 5) is 29.6. The largest absolute Gasteiger partial charge is 0.294 e. The van der Waals surface area contributed by atoms with E-state index in [0.717, 1.165) is 65.5 Å². The molecule has 0 N–H and O–H groups in total. The number of allylic oxidation sites excluding steroid dienone is 1. The first-order valence-electron chi connectivity index (χ1n) is 11.1. The molecule has 0 heterocycles. The van der Waals surface area contributed by atoms with Crippen LogP contribution in [-0.4, -0.2) is 24.3 Å². The topological polar surface area (TPSA) is 46.5 Å². The Bertz CT molecular complexity index is 1630. The van der Waals surface area contributed by atoms with Crippen molar-refractivity contribution in [3.05, 3.63) is 77.4 Å². The molecule has 5 rings (SSSR count). The van der Waals surface area contributed by atoms with Crippen LogP contribution in [0.2, 0.25) is 0 Å². The Balaban J connectivity index is 2.16. The molecule has 3 nitrogen and oxygen atoms in total. The highest BCUT2D eigenvalue weighted by Crippen LogP contribution is 2.44. The normalized spacial score (nSPS) is 12.3. The van der Waals surface area contributed by atoms with Crippen molar-refractivity contribution < 1.29 is 9.59 Å². The second-order valence-corrected chi connectivity index (χ2v) is 8.84. The first-order valence-corrected chi connectivity index (χ1v) is 11.1. The van der Waals surface area contributed by atoms with Gasteiger partial charge in [-0.05, 0) is 65.6 Å². The van der Waals surface area contributed by atoms with Crippen molar-refractivity contribution in [3.63, 3.8) is 0 Å².